The van der Waals surface area contributed by atoms with E-state index >= 15 is 0 Å². The highest BCUT2D eigenvalue weighted by Crippen LogP contribution is 2.33. The van der Waals surface area contributed by atoms with E-state index in [2.05, 4.69) is 83.6 Å². The maximum Gasteiger partial charge on any atom is 0.138 e. The number of aromatic amines is 1. The molecule has 0 aliphatic carbocycles. The van der Waals surface area contributed by atoms with Gasteiger partial charge in [0.15, 0.2) is 0 Å². The lowest BCUT2D eigenvalue weighted by atomic mass is 9.94. The van der Waals surface area contributed by atoms with Crippen LogP contribution in [0.2, 0.25) is 0 Å². The largest absolute Gasteiger partial charge is 0.345 e. The second kappa shape index (κ2) is 6.78. The van der Waals surface area contributed by atoms with Crippen LogP contribution in [0.25, 0.3) is 34.3 Å². The number of nitrogens with one attached hydrogen (secondary N) is 1. The van der Waals surface area contributed by atoms with Gasteiger partial charge in [-0.2, -0.15) is 0 Å². The van der Waals surface area contributed by atoms with Gasteiger partial charge >= 0.3 is 0 Å². The number of rotatable bonds is 4. The second-order valence-corrected chi connectivity index (χ2v) is 6.08. The maximum atomic E-state index is 4.52. The molecule has 2 heteroatoms. The van der Waals surface area contributed by atoms with Gasteiger partial charge in [-0.1, -0.05) is 79.7 Å². The summed E-state index contributed by atoms with van der Waals surface area (Å²) in [6.45, 7) is 2.20. The van der Waals surface area contributed by atoms with E-state index in [0.29, 0.717) is 0 Å². The van der Waals surface area contributed by atoms with Crippen molar-refractivity contribution in [2.45, 2.75) is 13.3 Å². The number of imidazole rings is 1. The molecule has 0 saturated heterocycles. The minimum atomic E-state index is 0.909. The molecule has 0 spiro atoms. The van der Waals surface area contributed by atoms with Crippen LogP contribution in [-0.4, -0.2) is 9.97 Å². The zero-order chi connectivity index (χ0) is 17.1. The molecular formula is C23H20N2. The molecule has 0 fully saturated rings. The molecule has 0 saturated carbocycles. The Kier molecular flexibility index (Phi) is 4.17. The fourth-order valence-electron chi connectivity index (χ4n) is 3.30. The lowest BCUT2D eigenvalue weighted by Gasteiger charge is -2.11. The number of aromatic nitrogens is 2. The molecule has 1 heterocycles. The molecule has 4 aromatic rings. The van der Waals surface area contributed by atoms with Gasteiger partial charge in [0.2, 0.25) is 0 Å². The van der Waals surface area contributed by atoms with Gasteiger partial charge in [0, 0.05) is 18.0 Å². The summed E-state index contributed by atoms with van der Waals surface area (Å²) in [5, 5.41) is 2.54. The van der Waals surface area contributed by atoms with E-state index in [1.165, 1.54) is 27.5 Å². The summed E-state index contributed by atoms with van der Waals surface area (Å²) in [5.41, 5.74) is 4.88. The van der Waals surface area contributed by atoms with Crippen molar-refractivity contribution in [1.82, 2.24) is 9.97 Å². The number of hydrogen-bond acceptors (Lipinski definition) is 1. The molecule has 4 rings (SSSR count). The topological polar surface area (TPSA) is 28.7 Å². The van der Waals surface area contributed by atoms with Crippen LogP contribution in [0, 0.1) is 0 Å². The Hall–Kier alpha value is -3.13. The Morgan fingerprint density at radius 2 is 1.76 bits per heavy atom. The van der Waals surface area contributed by atoms with Crippen LogP contribution in [0.5, 0.6) is 0 Å². The van der Waals surface area contributed by atoms with E-state index in [4.69, 9.17) is 0 Å². The Morgan fingerprint density at radius 3 is 2.52 bits per heavy atom. The summed E-state index contributed by atoms with van der Waals surface area (Å²) in [7, 11) is 0. The van der Waals surface area contributed by atoms with Crippen LogP contribution in [0.1, 0.15) is 23.6 Å². The zero-order valence-electron chi connectivity index (χ0n) is 14.2. The summed E-state index contributed by atoms with van der Waals surface area (Å²) < 4.78 is 0. The quantitative estimate of drug-likeness (QED) is 0.461. The number of H-pyrrole nitrogens is 1. The first-order valence-electron chi connectivity index (χ1n) is 8.64. The summed E-state index contributed by atoms with van der Waals surface area (Å²) >= 11 is 0. The molecule has 0 aliphatic rings. The van der Waals surface area contributed by atoms with Gasteiger partial charge in [-0.15, -0.1) is 0 Å². The Labute approximate surface area is 147 Å². The molecule has 0 unspecified atom stereocenters. The molecule has 122 valence electrons. The highest BCUT2D eigenvalue weighted by molar-refractivity contribution is 6.01. The van der Waals surface area contributed by atoms with Gasteiger partial charge in [0.05, 0.1) is 0 Å². The van der Waals surface area contributed by atoms with Crippen LogP contribution in [0.4, 0.5) is 0 Å². The third kappa shape index (κ3) is 2.99. The van der Waals surface area contributed by atoms with Crippen molar-refractivity contribution in [3.05, 3.63) is 89.7 Å². The molecule has 0 radical (unpaired) electrons. The Morgan fingerprint density at radius 1 is 0.880 bits per heavy atom. The van der Waals surface area contributed by atoms with E-state index in [9.17, 15) is 0 Å². The standard InChI is InChI=1S/C23H20N2/c1-2-18-9-6-10-21-20(18)14-13-19(22(21)23-24-15-16-25-23)12-11-17-7-4-3-5-8-17/h3-16H,2H2,1H3,(H,24,25). The van der Waals surface area contributed by atoms with Gasteiger partial charge < -0.3 is 4.98 Å². The van der Waals surface area contributed by atoms with Gasteiger partial charge in [-0.25, -0.2) is 4.98 Å². The molecule has 1 N–H and O–H groups in total. The summed E-state index contributed by atoms with van der Waals surface area (Å²) in [4.78, 5) is 7.79. The van der Waals surface area contributed by atoms with E-state index in [1.807, 2.05) is 18.5 Å². The zero-order valence-corrected chi connectivity index (χ0v) is 14.2. The van der Waals surface area contributed by atoms with Crippen molar-refractivity contribution in [3.8, 4) is 11.4 Å². The van der Waals surface area contributed by atoms with Gasteiger partial charge in [-0.05, 0) is 33.9 Å². The summed E-state index contributed by atoms with van der Waals surface area (Å²) in [6, 6.07) is 21.3. The highest BCUT2D eigenvalue weighted by atomic mass is 14.9. The maximum absolute atomic E-state index is 4.52. The third-order valence-corrected chi connectivity index (χ3v) is 4.55. The molecule has 0 atom stereocenters. The van der Waals surface area contributed by atoms with Crippen molar-refractivity contribution < 1.29 is 0 Å². The number of fused-ring (bicyclic) bond motifs is 1. The number of benzene rings is 3. The van der Waals surface area contributed by atoms with E-state index in [-0.39, 0.29) is 0 Å². The van der Waals surface area contributed by atoms with Gasteiger partial charge in [0.25, 0.3) is 0 Å². The van der Waals surface area contributed by atoms with Crippen LogP contribution in [-0.2, 0) is 6.42 Å². The normalized spacial score (nSPS) is 11.4. The first-order chi connectivity index (χ1) is 12.4. The SMILES string of the molecule is CCc1cccc2c(-c3ncc[nH]3)c(C=Cc3ccccc3)ccc12. The van der Waals surface area contributed by atoms with Crippen LogP contribution in [0.15, 0.2) is 73.1 Å². The van der Waals surface area contributed by atoms with Gasteiger partial charge in [-0.3, -0.25) is 0 Å². The first-order valence-corrected chi connectivity index (χ1v) is 8.64. The van der Waals surface area contributed by atoms with Crippen LogP contribution >= 0.6 is 0 Å². The van der Waals surface area contributed by atoms with Crippen LogP contribution < -0.4 is 0 Å². The average Bonchev–Trinajstić information content (AvgIpc) is 3.20. The summed E-state index contributed by atoms with van der Waals surface area (Å²) in [5.74, 6) is 0.909. The molecule has 25 heavy (non-hydrogen) atoms. The van der Waals surface area contributed by atoms with Crippen LogP contribution in [0.3, 0.4) is 0 Å². The van der Waals surface area contributed by atoms with Crippen molar-refractivity contribution in [1.29, 1.82) is 0 Å². The molecule has 1 aromatic heterocycles. The van der Waals surface area contributed by atoms with Crippen molar-refractivity contribution in [2.75, 3.05) is 0 Å². The Bertz CT molecular complexity index is 1010. The predicted molar refractivity (Wildman–Crippen MR) is 106 cm³/mol. The fraction of sp³-hybridized carbons (Fsp3) is 0.0870. The lowest BCUT2D eigenvalue weighted by Crippen LogP contribution is -1.91. The van der Waals surface area contributed by atoms with E-state index in [1.54, 1.807) is 0 Å². The van der Waals surface area contributed by atoms with Crippen molar-refractivity contribution in [3.63, 3.8) is 0 Å². The Balaban J connectivity index is 1.92. The fourth-order valence-corrected chi connectivity index (χ4v) is 3.30. The smallest absolute Gasteiger partial charge is 0.138 e. The minimum absolute atomic E-state index is 0.909. The van der Waals surface area contributed by atoms with Crippen molar-refractivity contribution in [2.24, 2.45) is 0 Å². The molecular weight excluding hydrogens is 304 g/mol. The number of hydrogen-bond donors (Lipinski definition) is 1. The highest BCUT2D eigenvalue weighted by Gasteiger charge is 2.12. The lowest BCUT2D eigenvalue weighted by molar-refractivity contribution is 1.16. The second-order valence-electron chi connectivity index (χ2n) is 6.08. The summed E-state index contributed by atoms with van der Waals surface area (Å²) in [6.07, 6.45) is 9.03. The molecule has 0 bridgehead atoms. The molecule has 0 aliphatic heterocycles. The predicted octanol–water partition coefficient (Wildman–Crippen LogP) is 5.96. The molecule has 0 amide bonds. The van der Waals surface area contributed by atoms with E-state index < -0.39 is 0 Å². The van der Waals surface area contributed by atoms with Gasteiger partial charge in [0.1, 0.15) is 5.82 Å². The number of aryl methyl sites for hydroxylation is 1. The number of nitrogens with zero attached hydrogens (tertiary/aromatic N) is 1. The monoisotopic (exact) mass is 324 g/mol. The molecule has 2 nitrogen and oxygen atoms in total. The minimum Gasteiger partial charge on any atom is -0.345 e. The average molecular weight is 324 g/mol. The first kappa shape index (κ1) is 15.4. The van der Waals surface area contributed by atoms with E-state index in [0.717, 1.165) is 17.8 Å². The third-order valence-electron chi connectivity index (χ3n) is 4.55. The van der Waals surface area contributed by atoms with Crippen molar-refractivity contribution >= 4 is 22.9 Å². The molecule has 3 aromatic carbocycles.